The highest BCUT2D eigenvalue weighted by molar-refractivity contribution is 6.46. The van der Waals surface area contributed by atoms with E-state index in [1.165, 1.54) is 4.90 Å². The normalized spacial score (nSPS) is 16.7. The summed E-state index contributed by atoms with van der Waals surface area (Å²) in [7, 11) is 1.57. The van der Waals surface area contributed by atoms with E-state index in [0.717, 1.165) is 11.1 Å². The van der Waals surface area contributed by atoms with Crippen LogP contribution in [-0.4, -0.2) is 41.0 Å². The van der Waals surface area contributed by atoms with Gasteiger partial charge in [-0.25, -0.2) is 0 Å². The maximum absolute atomic E-state index is 13.5. The van der Waals surface area contributed by atoms with Crippen LogP contribution in [0.5, 0.6) is 17.2 Å². The molecule has 0 saturated carbocycles. The van der Waals surface area contributed by atoms with E-state index in [1.54, 1.807) is 25.3 Å². The van der Waals surface area contributed by atoms with E-state index in [9.17, 15) is 14.7 Å². The van der Waals surface area contributed by atoms with Crippen LogP contribution in [0, 0.1) is 6.92 Å². The molecule has 1 aliphatic rings. The number of aliphatic hydroxyl groups excluding tert-OH is 1. The molecule has 7 nitrogen and oxygen atoms in total. The molecule has 1 saturated heterocycles. The van der Waals surface area contributed by atoms with E-state index in [0.29, 0.717) is 28.4 Å². The summed E-state index contributed by atoms with van der Waals surface area (Å²) in [5.41, 5.74) is 2.72. The van der Waals surface area contributed by atoms with Gasteiger partial charge in [0.25, 0.3) is 11.7 Å². The fourth-order valence-corrected chi connectivity index (χ4v) is 4.73. The molecule has 4 rings (SSSR count). The molecule has 3 aromatic rings. The smallest absolute Gasteiger partial charge is 0.295 e. The molecule has 1 aliphatic heterocycles. The molecule has 1 N–H and O–H groups in total. The van der Waals surface area contributed by atoms with E-state index in [1.807, 2.05) is 83.1 Å². The van der Waals surface area contributed by atoms with Crippen molar-refractivity contribution >= 4 is 17.4 Å². The van der Waals surface area contributed by atoms with Crippen molar-refractivity contribution in [1.29, 1.82) is 0 Å². The van der Waals surface area contributed by atoms with Crippen molar-refractivity contribution in [3.63, 3.8) is 0 Å². The van der Waals surface area contributed by atoms with Crippen LogP contribution in [-0.2, 0) is 16.1 Å². The second-order valence-corrected chi connectivity index (χ2v) is 10.2. The summed E-state index contributed by atoms with van der Waals surface area (Å²) in [5.74, 6) is 0.287. The Balaban J connectivity index is 1.84. The first-order valence-electron chi connectivity index (χ1n) is 13.0. The summed E-state index contributed by atoms with van der Waals surface area (Å²) in [6.07, 6.45) is -0.0663. The van der Waals surface area contributed by atoms with Crippen molar-refractivity contribution in [2.24, 2.45) is 0 Å². The maximum Gasteiger partial charge on any atom is 0.295 e. The monoisotopic (exact) mass is 529 g/mol. The lowest BCUT2D eigenvalue weighted by molar-refractivity contribution is -0.140. The van der Waals surface area contributed by atoms with Gasteiger partial charge in [0.1, 0.15) is 23.0 Å². The van der Waals surface area contributed by atoms with Crippen LogP contribution >= 0.6 is 0 Å². The van der Waals surface area contributed by atoms with E-state index >= 15 is 0 Å². The van der Waals surface area contributed by atoms with Gasteiger partial charge >= 0.3 is 0 Å². The minimum Gasteiger partial charge on any atom is -0.507 e. The molecule has 1 heterocycles. The minimum atomic E-state index is -0.821. The summed E-state index contributed by atoms with van der Waals surface area (Å²) in [5, 5.41) is 11.5. The number of amides is 1. The van der Waals surface area contributed by atoms with Crippen molar-refractivity contribution in [1.82, 2.24) is 4.90 Å². The summed E-state index contributed by atoms with van der Waals surface area (Å²) in [6.45, 7) is 9.76. The second kappa shape index (κ2) is 11.6. The number of benzene rings is 3. The number of carbonyl (C=O) groups excluding carboxylic acids is 2. The van der Waals surface area contributed by atoms with E-state index in [-0.39, 0.29) is 30.1 Å². The van der Waals surface area contributed by atoms with Crippen LogP contribution in [0.15, 0.2) is 72.3 Å². The SMILES string of the molecule is COc1cccc(CN2C(=O)C(=O)/C(=C(/O)c3ccc(OC(C)C)c(C)c3)C2c2cccc(OC(C)C)c2)c1. The van der Waals surface area contributed by atoms with Crippen LogP contribution in [0.1, 0.15) is 56.0 Å². The van der Waals surface area contributed by atoms with Gasteiger partial charge < -0.3 is 24.2 Å². The molecule has 1 atom stereocenters. The quantitative estimate of drug-likeness (QED) is 0.202. The topological polar surface area (TPSA) is 85.3 Å². The van der Waals surface area contributed by atoms with Gasteiger partial charge in [-0.2, -0.15) is 0 Å². The summed E-state index contributed by atoms with van der Waals surface area (Å²) in [4.78, 5) is 28.4. The number of rotatable bonds is 9. The molecule has 1 fully saturated rings. The lowest BCUT2D eigenvalue weighted by atomic mass is 9.94. The maximum atomic E-state index is 13.5. The van der Waals surface area contributed by atoms with Gasteiger partial charge in [0.15, 0.2) is 0 Å². The Morgan fingerprint density at radius 3 is 2.26 bits per heavy atom. The molecular formula is C32H35NO6. The Kier molecular flexibility index (Phi) is 8.29. The lowest BCUT2D eigenvalue weighted by Gasteiger charge is -2.26. The molecule has 0 aromatic heterocycles. The predicted octanol–water partition coefficient (Wildman–Crippen LogP) is 6.20. The number of likely N-dealkylation sites (tertiary alicyclic amines) is 1. The zero-order chi connectivity index (χ0) is 28.3. The number of ether oxygens (including phenoxy) is 3. The van der Waals surface area contributed by atoms with Crippen molar-refractivity contribution in [3.8, 4) is 17.2 Å². The Bertz CT molecular complexity index is 1410. The average molecular weight is 530 g/mol. The van der Waals surface area contributed by atoms with Crippen molar-refractivity contribution in [2.75, 3.05) is 7.11 Å². The first kappa shape index (κ1) is 27.8. The van der Waals surface area contributed by atoms with Crippen LogP contribution in [0.2, 0.25) is 0 Å². The molecule has 0 spiro atoms. The Morgan fingerprint density at radius 1 is 0.897 bits per heavy atom. The minimum absolute atomic E-state index is 0.00887. The average Bonchev–Trinajstić information content (AvgIpc) is 3.14. The highest BCUT2D eigenvalue weighted by Gasteiger charge is 2.46. The number of hydrogen-bond acceptors (Lipinski definition) is 6. The standard InChI is InChI=1S/C32H35NO6/c1-19(2)38-26-12-8-10-23(17-26)29-28(30(34)24-13-14-27(21(5)15-24)39-20(3)4)31(35)32(36)33(29)18-22-9-7-11-25(16-22)37-6/h7-17,19-20,29,34H,18H2,1-6H3/b30-28+. The van der Waals surface area contributed by atoms with Gasteiger partial charge in [-0.1, -0.05) is 24.3 Å². The van der Waals surface area contributed by atoms with Gasteiger partial charge in [0.05, 0.1) is 30.9 Å². The van der Waals surface area contributed by atoms with Gasteiger partial charge in [-0.05, 0) is 93.8 Å². The lowest BCUT2D eigenvalue weighted by Crippen LogP contribution is -2.29. The molecule has 0 radical (unpaired) electrons. The van der Waals surface area contributed by atoms with Gasteiger partial charge in [0.2, 0.25) is 0 Å². The highest BCUT2D eigenvalue weighted by Crippen LogP contribution is 2.41. The van der Waals surface area contributed by atoms with Gasteiger partial charge in [-0.15, -0.1) is 0 Å². The van der Waals surface area contributed by atoms with Crippen LogP contribution in [0.25, 0.3) is 5.76 Å². The second-order valence-electron chi connectivity index (χ2n) is 10.2. The number of methoxy groups -OCH3 is 1. The third kappa shape index (κ3) is 6.08. The predicted molar refractivity (Wildman–Crippen MR) is 150 cm³/mol. The largest absolute Gasteiger partial charge is 0.507 e. The summed E-state index contributed by atoms with van der Waals surface area (Å²) >= 11 is 0. The van der Waals surface area contributed by atoms with E-state index in [2.05, 4.69) is 0 Å². The Labute approximate surface area is 229 Å². The van der Waals surface area contributed by atoms with Gasteiger partial charge in [0, 0.05) is 12.1 Å². The molecular weight excluding hydrogens is 494 g/mol. The Morgan fingerprint density at radius 2 is 1.59 bits per heavy atom. The number of nitrogens with zero attached hydrogens (tertiary/aromatic N) is 1. The first-order valence-corrected chi connectivity index (χ1v) is 13.0. The Hall–Kier alpha value is -4.26. The number of ketones is 1. The summed E-state index contributed by atoms with van der Waals surface area (Å²) < 4.78 is 17.1. The number of hydrogen-bond donors (Lipinski definition) is 1. The zero-order valence-electron chi connectivity index (χ0n) is 23.2. The molecule has 0 aliphatic carbocycles. The zero-order valence-corrected chi connectivity index (χ0v) is 23.2. The number of aryl methyl sites for hydroxylation is 1. The highest BCUT2D eigenvalue weighted by atomic mass is 16.5. The number of carbonyl (C=O) groups is 2. The molecule has 1 amide bonds. The van der Waals surface area contributed by atoms with E-state index in [4.69, 9.17) is 14.2 Å². The molecule has 204 valence electrons. The fourth-order valence-electron chi connectivity index (χ4n) is 4.73. The van der Waals surface area contributed by atoms with Crippen molar-refractivity contribution in [3.05, 3.63) is 94.6 Å². The first-order chi connectivity index (χ1) is 18.6. The van der Waals surface area contributed by atoms with Crippen LogP contribution < -0.4 is 14.2 Å². The number of aliphatic hydroxyl groups is 1. The fraction of sp³-hybridized carbons (Fsp3) is 0.312. The molecule has 7 heteroatoms. The molecule has 39 heavy (non-hydrogen) atoms. The third-order valence-corrected chi connectivity index (χ3v) is 6.38. The molecule has 1 unspecified atom stereocenters. The van der Waals surface area contributed by atoms with Crippen LogP contribution in [0.4, 0.5) is 0 Å². The van der Waals surface area contributed by atoms with Gasteiger partial charge in [-0.3, -0.25) is 9.59 Å². The van der Waals surface area contributed by atoms with E-state index < -0.39 is 17.7 Å². The molecule has 0 bridgehead atoms. The summed E-state index contributed by atoms with van der Waals surface area (Å²) in [6, 6.07) is 19.0. The molecule has 3 aromatic carbocycles. The van der Waals surface area contributed by atoms with Crippen LogP contribution in [0.3, 0.4) is 0 Å². The third-order valence-electron chi connectivity index (χ3n) is 6.38. The van der Waals surface area contributed by atoms with Crippen molar-refractivity contribution in [2.45, 2.75) is 59.4 Å². The van der Waals surface area contributed by atoms with Crippen molar-refractivity contribution < 1.29 is 28.9 Å². The number of Topliss-reactive ketones (excluding diaryl/α,β-unsaturated/α-hetero) is 1.